The van der Waals surface area contributed by atoms with Gasteiger partial charge in [-0.2, -0.15) is 0 Å². The molecular formula is C54H36N2O. The summed E-state index contributed by atoms with van der Waals surface area (Å²) >= 11 is 0. The van der Waals surface area contributed by atoms with Crippen molar-refractivity contribution >= 4 is 60.8 Å². The molecule has 11 aromatic rings. The number of furan rings is 1. The molecule has 3 nitrogen and oxygen atoms in total. The van der Waals surface area contributed by atoms with Crippen LogP contribution in [0.4, 0.5) is 17.1 Å². The highest BCUT2D eigenvalue weighted by Gasteiger charge is 2.21. The molecule has 0 bridgehead atoms. The molecular weight excluding hydrogens is 693 g/mol. The molecule has 0 aliphatic rings. The quantitative estimate of drug-likeness (QED) is 0.163. The molecule has 0 N–H and O–H groups in total. The van der Waals surface area contributed by atoms with E-state index in [1.165, 1.54) is 38.5 Å². The van der Waals surface area contributed by atoms with Crippen LogP contribution in [0.3, 0.4) is 0 Å². The van der Waals surface area contributed by atoms with Gasteiger partial charge < -0.3 is 13.9 Å². The Balaban J connectivity index is 1.01. The molecule has 2 heterocycles. The molecule has 0 atom stereocenters. The zero-order valence-electron chi connectivity index (χ0n) is 31.1. The summed E-state index contributed by atoms with van der Waals surface area (Å²) in [5, 5.41) is 4.77. The van der Waals surface area contributed by atoms with Crippen molar-refractivity contribution in [2.75, 3.05) is 4.90 Å². The zero-order valence-corrected chi connectivity index (χ0v) is 31.1. The predicted molar refractivity (Wildman–Crippen MR) is 239 cm³/mol. The van der Waals surface area contributed by atoms with Crippen molar-refractivity contribution in [3.63, 3.8) is 0 Å². The molecule has 0 saturated carbocycles. The maximum Gasteiger partial charge on any atom is 0.136 e. The largest absolute Gasteiger partial charge is 0.456 e. The third kappa shape index (κ3) is 5.60. The molecule has 9 aromatic carbocycles. The summed E-state index contributed by atoms with van der Waals surface area (Å²) in [6, 6.07) is 78.1. The van der Waals surface area contributed by atoms with Gasteiger partial charge in [0, 0.05) is 44.2 Å². The average Bonchev–Trinajstić information content (AvgIpc) is 3.84. The highest BCUT2D eigenvalue weighted by molar-refractivity contribution is 6.14. The van der Waals surface area contributed by atoms with Crippen LogP contribution in [0, 0.1) is 0 Å². The van der Waals surface area contributed by atoms with E-state index in [1.807, 2.05) is 12.1 Å². The number of nitrogens with zero attached hydrogens (tertiary/aromatic N) is 2. The van der Waals surface area contributed by atoms with Crippen LogP contribution >= 0.6 is 0 Å². The summed E-state index contributed by atoms with van der Waals surface area (Å²) in [4.78, 5) is 2.38. The van der Waals surface area contributed by atoms with E-state index in [1.54, 1.807) is 0 Å². The van der Waals surface area contributed by atoms with Crippen molar-refractivity contribution in [3.8, 4) is 39.1 Å². The second-order valence-electron chi connectivity index (χ2n) is 14.5. The summed E-state index contributed by atoms with van der Waals surface area (Å²) in [7, 11) is 0. The third-order valence-corrected chi connectivity index (χ3v) is 11.2. The molecule has 0 saturated heterocycles. The summed E-state index contributed by atoms with van der Waals surface area (Å²) < 4.78 is 8.71. The Hall–Kier alpha value is -7.62. The van der Waals surface area contributed by atoms with Crippen LogP contribution in [-0.2, 0) is 0 Å². The number of fused-ring (bicyclic) bond motifs is 6. The molecule has 0 unspecified atom stereocenters. The SMILES string of the molecule is c1ccc(-c2ccc(N(c3ccc(-c4ccc(-n5c6ccccc6c6ccccc65)cc4)cc3)c3ccccc3-c3cccc4oc5ccccc5c34)cc2)cc1. The van der Waals surface area contributed by atoms with Crippen molar-refractivity contribution in [3.05, 3.63) is 218 Å². The van der Waals surface area contributed by atoms with Crippen LogP contribution in [0.5, 0.6) is 0 Å². The molecule has 0 fully saturated rings. The minimum absolute atomic E-state index is 0.885. The zero-order chi connectivity index (χ0) is 37.7. The Labute approximate surface area is 330 Å². The number of rotatable bonds is 7. The van der Waals surface area contributed by atoms with Gasteiger partial charge in [0.25, 0.3) is 0 Å². The normalized spacial score (nSPS) is 11.5. The second-order valence-corrected chi connectivity index (χ2v) is 14.5. The lowest BCUT2D eigenvalue weighted by atomic mass is 9.96. The van der Waals surface area contributed by atoms with Crippen molar-refractivity contribution in [2.24, 2.45) is 0 Å². The van der Waals surface area contributed by atoms with Gasteiger partial charge >= 0.3 is 0 Å². The van der Waals surface area contributed by atoms with Gasteiger partial charge in [-0.25, -0.2) is 0 Å². The average molecular weight is 729 g/mol. The fraction of sp³-hybridized carbons (Fsp3) is 0. The molecule has 0 amide bonds. The lowest BCUT2D eigenvalue weighted by Gasteiger charge is -2.28. The fourth-order valence-electron chi connectivity index (χ4n) is 8.56. The van der Waals surface area contributed by atoms with Crippen LogP contribution in [0.1, 0.15) is 0 Å². The first-order chi connectivity index (χ1) is 28.3. The van der Waals surface area contributed by atoms with Crippen molar-refractivity contribution in [1.82, 2.24) is 4.57 Å². The number of aromatic nitrogens is 1. The van der Waals surface area contributed by atoms with Gasteiger partial charge in [-0.3, -0.25) is 0 Å². The van der Waals surface area contributed by atoms with E-state index in [-0.39, 0.29) is 0 Å². The predicted octanol–water partition coefficient (Wildman–Crippen LogP) is 15.2. The topological polar surface area (TPSA) is 21.3 Å². The van der Waals surface area contributed by atoms with Crippen LogP contribution in [0.15, 0.2) is 223 Å². The van der Waals surface area contributed by atoms with Gasteiger partial charge in [0.15, 0.2) is 0 Å². The van der Waals surface area contributed by atoms with E-state index in [0.717, 1.165) is 61.4 Å². The monoisotopic (exact) mass is 728 g/mol. The van der Waals surface area contributed by atoms with E-state index < -0.39 is 0 Å². The Morgan fingerprint density at radius 3 is 1.46 bits per heavy atom. The molecule has 11 rings (SSSR count). The Morgan fingerprint density at radius 1 is 0.333 bits per heavy atom. The first-order valence-electron chi connectivity index (χ1n) is 19.4. The van der Waals surface area contributed by atoms with Gasteiger partial charge in [-0.1, -0.05) is 152 Å². The second kappa shape index (κ2) is 13.6. The number of anilines is 3. The minimum Gasteiger partial charge on any atom is -0.456 e. The molecule has 0 radical (unpaired) electrons. The fourth-order valence-corrected chi connectivity index (χ4v) is 8.56. The van der Waals surface area contributed by atoms with Gasteiger partial charge in [0.1, 0.15) is 11.2 Å². The first kappa shape index (κ1) is 32.8. The number of hydrogen-bond donors (Lipinski definition) is 0. The minimum atomic E-state index is 0.885. The van der Waals surface area contributed by atoms with Gasteiger partial charge in [-0.15, -0.1) is 0 Å². The van der Waals surface area contributed by atoms with Crippen molar-refractivity contribution in [1.29, 1.82) is 0 Å². The maximum absolute atomic E-state index is 6.35. The van der Waals surface area contributed by atoms with Crippen molar-refractivity contribution < 1.29 is 4.42 Å². The van der Waals surface area contributed by atoms with Gasteiger partial charge in [0.2, 0.25) is 0 Å². The Bertz CT molecular complexity index is 3160. The molecule has 57 heavy (non-hydrogen) atoms. The van der Waals surface area contributed by atoms with Crippen LogP contribution in [0.25, 0.3) is 82.8 Å². The molecule has 0 aliphatic heterocycles. The Morgan fingerprint density at radius 2 is 0.807 bits per heavy atom. The number of benzene rings is 9. The summed E-state index contributed by atoms with van der Waals surface area (Å²) in [6.45, 7) is 0. The van der Waals surface area contributed by atoms with Crippen molar-refractivity contribution in [2.45, 2.75) is 0 Å². The van der Waals surface area contributed by atoms with Crippen LogP contribution in [-0.4, -0.2) is 4.57 Å². The summed E-state index contributed by atoms with van der Waals surface area (Å²) in [6.07, 6.45) is 0. The lowest BCUT2D eigenvalue weighted by molar-refractivity contribution is 0.669. The summed E-state index contributed by atoms with van der Waals surface area (Å²) in [5.74, 6) is 0. The first-order valence-corrected chi connectivity index (χ1v) is 19.4. The molecule has 2 aromatic heterocycles. The van der Waals surface area contributed by atoms with Gasteiger partial charge in [0.05, 0.1) is 16.7 Å². The van der Waals surface area contributed by atoms with Crippen LogP contribution < -0.4 is 4.90 Å². The van der Waals surface area contributed by atoms with Crippen LogP contribution in [0.2, 0.25) is 0 Å². The molecule has 3 heteroatoms. The van der Waals surface area contributed by atoms with E-state index in [9.17, 15) is 0 Å². The molecule has 0 spiro atoms. The van der Waals surface area contributed by atoms with E-state index >= 15 is 0 Å². The molecule has 0 aliphatic carbocycles. The smallest absolute Gasteiger partial charge is 0.136 e. The number of hydrogen-bond acceptors (Lipinski definition) is 2. The lowest BCUT2D eigenvalue weighted by Crippen LogP contribution is -2.11. The van der Waals surface area contributed by atoms with E-state index in [0.29, 0.717) is 0 Å². The standard InChI is InChI=1S/C54H36N2O/c1-2-13-37(14-3-1)38-25-31-41(32-26-38)55(49-20-8-6-17-46(49)47-19-12-24-53-54(47)48-18-7-11-23-52(48)57-53)42-33-27-39(28-34-42)40-29-35-43(36-30-40)56-50-21-9-4-15-44(50)45-16-5-10-22-51(45)56/h1-36H. The highest BCUT2D eigenvalue weighted by Crippen LogP contribution is 2.45. The van der Waals surface area contributed by atoms with Gasteiger partial charge in [-0.05, 0) is 94.5 Å². The molecule has 268 valence electrons. The van der Waals surface area contributed by atoms with E-state index in [4.69, 9.17) is 4.42 Å². The number of para-hydroxylation sites is 4. The third-order valence-electron chi connectivity index (χ3n) is 11.2. The summed E-state index contributed by atoms with van der Waals surface area (Å²) in [5.41, 5.74) is 15.6. The maximum atomic E-state index is 6.35. The van der Waals surface area contributed by atoms with E-state index in [2.05, 4.69) is 216 Å². The highest BCUT2D eigenvalue weighted by atomic mass is 16.3. The Kier molecular flexibility index (Phi) is 7.82.